The number of carbonyl (C=O) groups excluding carboxylic acids is 1. The molecular formula is C19H21F2N3O2. The molecule has 1 saturated heterocycles. The molecule has 2 aromatic carbocycles. The van der Waals surface area contributed by atoms with Crippen LogP contribution in [-0.4, -0.2) is 50.6 Å². The van der Waals surface area contributed by atoms with Crippen molar-refractivity contribution in [3.05, 3.63) is 54.1 Å². The Morgan fingerprint density at radius 2 is 1.69 bits per heavy atom. The zero-order valence-corrected chi connectivity index (χ0v) is 14.5. The maximum Gasteiger partial charge on any atom is 0.387 e. The first-order valence-electron chi connectivity index (χ1n) is 8.42. The van der Waals surface area contributed by atoms with Gasteiger partial charge in [0, 0.05) is 26.2 Å². The Labute approximate surface area is 151 Å². The molecule has 0 aliphatic carbocycles. The summed E-state index contributed by atoms with van der Waals surface area (Å²) in [7, 11) is 2.07. The summed E-state index contributed by atoms with van der Waals surface area (Å²) in [6, 6.07) is 13.5. The predicted molar refractivity (Wildman–Crippen MR) is 97.2 cm³/mol. The SMILES string of the molecule is CN1CCN(c2ccccc2NC(=O)c2ccccc2OC(F)F)CC1. The minimum Gasteiger partial charge on any atom is -0.434 e. The third kappa shape index (κ3) is 4.29. The number of ether oxygens (including phenoxy) is 1. The average molecular weight is 361 g/mol. The Bertz CT molecular complexity index is 762. The Hall–Kier alpha value is -2.67. The molecule has 26 heavy (non-hydrogen) atoms. The molecule has 1 heterocycles. The highest BCUT2D eigenvalue weighted by Crippen LogP contribution is 2.28. The van der Waals surface area contributed by atoms with Crippen LogP contribution in [0.1, 0.15) is 10.4 Å². The van der Waals surface area contributed by atoms with Crippen LogP contribution in [-0.2, 0) is 0 Å². The van der Waals surface area contributed by atoms with Gasteiger partial charge >= 0.3 is 6.61 Å². The van der Waals surface area contributed by atoms with Crippen LogP contribution in [0.2, 0.25) is 0 Å². The molecule has 0 radical (unpaired) electrons. The van der Waals surface area contributed by atoms with Gasteiger partial charge in [0.15, 0.2) is 0 Å². The Balaban J connectivity index is 1.80. The number of hydrogen-bond donors (Lipinski definition) is 1. The van der Waals surface area contributed by atoms with Gasteiger partial charge in [-0.15, -0.1) is 0 Å². The zero-order chi connectivity index (χ0) is 18.5. The van der Waals surface area contributed by atoms with Gasteiger partial charge in [0.1, 0.15) is 5.75 Å². The zero-order valence-electron chi connectivity index (χ0n) is 14.5. The summed E-state index contributed by atoms with van der Waals surface area (Å²) in [6.45, 7) is 0.602. The first kappa shape index (κ1) is 18.1. The molecule has 0 spiro atoms. The molecule has 0 atom stereocenters. The molecule has 2 aromatic rings. The van der Waals surface area contributed by atoms with Crippen LogP contribution in [0, 0.1) is 0 Å². The van der Waals surface area contributed by atoms with Crippen molar-refractivity contribution in [2.24, 2.45) is 0 Å². The van der Waals surface area contributed by atoms with E-state index in [1.807, 2.05) is 24.3 Å². The highest BCUT2D eigenvalue weighted by atomic mass is 19.3. The minimum atomic E-state index is -2.98. The van der Waals surface area contributed by atoms with Gasteiger partial charge in [-0.2, -0.15) is 8.78 Å². The van der Waals surface area contributed by atoms with Gasteiger partial charge in [-0.3, -0.25) is 4.79 Å². The maximum atomic E-state index is 12.6. The summed E-state index contributed by atoms with van der Waals surface area (Å²) >= 11 is 0. The number of likely N-dealkylation sites (N-methyl/N-ethyl adjacent to an activating group) is 1. The van der Waals surface area contributed by atoms with Crippen molar-refractivity contribution < 1.29 is 18.3 Å². The van der Waals surface area contributed by atoms with Crippen LogP contribution in [0.5, 0.6) is 5.75 Å². The first-order chi connectivity index (χ1) is 12.5. The van der Waals surface area contributed by atoms with E-state index in [1.165, 1.54) is 12.1 Å². The lowest BCUT2D eigenvalue weighted by Crippen LogP contribution is -2.44. The molecule has 7 heteroatoms. The third-order valence-corrected chi connectivity index (χ3v) is 4.34. The van der Waals surface area contributed by atoms with Crippen molar-refractivity contribution in [3.8, 4) is 5.75 Å². The molecular weight excluding hydrogens is 340 g/mol. The van der Waals surface area contributed by atoms with E-state index >= 15 is 0 Å². The third-order valence-electron chi connectivity index (χ3n) is 4.34. The maximum absolute atomic E-state index is 12.6. The number of halogens is 2. The van der Waals surface area contributed by atoms with Crippen molar-refractivity contribution in [2.75, 3.05) is 43.4 Å². The highest BCUT2D eigenvalue weighted by molar-refractivity contribution is 6.07. The summed E-state index contributed by atoms with van der Waals surface area (Å²) in [6.07, 6.45) is 0. The molecule has 3 rings (SSSR count). The van der Waals surface area contributed by atoms with Crippen molar-refractivity contribution in [3.63, 3.8) is 0 Å². The van der Waals surface area contributed by atoms with Crippen LogP contribution in [0.3, 0.4) is 0 Å². The first-order valence-corrected chi connectivity index (χ1v) is 8.42. The van der Waals surface area contributed by atoms with E-state index in [1.54, 1.807) is 12.1 Å². The summed E-state index contributed by atoms with van der Waals surface area (Å²) in [4.78, 5) is 17.1. The van der Waals surface area contributed by atoms with Gasteiger partial charge in [-0.05, 0) is 31.3 Å². The number of nitrogens with zero attached hydrogens (tertiary/aromatic N) is 2. The van der Waals surface area contributed by atoms with Crippen LogP contribution in [0.25, 0.3) is 0 Å². The Morgan fingerprint density at radius 3 is 2.42 bits per heavy atom. The number of para-hydroxylation sites is 3. The normalized spacial score (nSPS) is 15.2. The Kier molecular flexibility index (Phi) is 5.68. The number of carbonyl (C=O) groups is 1. The van der Waals surface area contributed by atoms with Gasteiger partial charge < -0.3 is 19.9 Å². The number of anilines is 2. The largest absolute Gasteiger partial charge is 0.434 e. The van der Waals surface area contributed by atoms with Gasteiger partial charge in [0.25, 0.3) is 5.91 Å². The van der Waals surface area contributed by atoms with Crippen molar-refractivity contribution >= 4 is 17.3 Å². The fraction of sp³-hybridized carbons (Fsp3) is 0.316. The molecule has 1 amide bonds. The lowest BCUT2D eigenvalue weighted by atomic mass is 10.1. The molecule has 1 aliphatic rings. The highest BCUT2D eigenvalue weighted by Gasteiger charge is 2.20. The Morgan fingerprint density at radius 1 is 1.04 bits per heavy atom. The van der Waals surface area contributed by atoms with Crippen LogP contribution in [0.15, 0.2) is 48.5 Å². The number of hydrogen-bond acceptors (Lipinski definition) is 4. The van der Waals surface area contributed by atoms with Crippen molar-refractivity contribution in [1.82, 2.24) is 4.90 Å². The van der Waals surface area contributed by atoms with Crippen LogP contribution >= 0.6 is 0 Å². The molecule has 1 aliphatic heterocycles. The fourth-order valence-electron chi connectivity index (χ4n) is 2.95. The molecule has 5 nitrogen and oxygen atoms in total. The molecule has 138 valence electrons. The van der Waals surface area contributed by atoms with E-state index < -0.39 is 12.5 Å². The molecule has 0 saturated carbocycles. The topological polar surface area (TPSA) is 44.8 Å². The lowest BCUT2D eigenvalue weighted by molar-refractivity contribution is -0.0501. The second kappa shape index (κ2) is 8.14. The molecule has 0 aromatic heterocycles. The second-order valence-electron chi connectivity index (χ2n) is 6.14. The second-order valence-corrected chi connectivity index (χ2v) is 6.14. The quantitative estimate of drug-likeness (QED) is 0.888. The predicted octanol–water partition coefficient (Wildman–Crippen LogP) is 3.29. The molecule has 1 N–H and O–H groups in total. The molecule has 0 bridgehead atoms. The smallest absolute Gasteiger partial charge is 0.387 e. The standard InChI is InChI=1S/C19H21F2N3O2/c1-23-10-12-24(13-11-23)16-8-4-3-7-15(16)22-18(25)14-6-2-5-9-17(14)26-19(20)21/h2-9,19H,10-13H2,1H3,(H,22,25). The van der Waals surface area contributed by atoms with Crippen LogP contribution in [0.4, 0.5) is 20.2 Å². The number of rotatable bonds is 5. The monoisotopic (exact) mass is 361 g/mol. The van der Waals surface area contributed by atoms with E-state index in [0.717, 1.165) is 31.9 Å². The van der Waals surface area contributed by atoms with Crippen LogP contribution < -0.4 is 15.0 Å². The van der Waals surface area contributed by atoms with E-state index in [0.29, 0.717) is 5.69 Å². The number of amides is 1. The van der Waals surface area contributed by atoms with E-state index in [-0.39, 0.29) is 11.3 Å². The number of benzene rings is 2. The van der Waals surface area contributed by atoms with Gasteiger partial charge in [-0.25, -0.2) is 0 Å². The number of nitrogens with one attached hydrogen (secondary N) is 1. The van der Waals surface area contributed by atoms with E-state index in [2.05, 4.69) is 26.9 Å². The number of alkyl halides is 2. The van der Waals surface area contributed by atoms with Gasteiger partial charge in [0.2, 0.25) is 0 Å². The van der Waals surface area contributed by atoms with Crippen molar-refractivity contribution in [2.45, 2.75) is 6.61 Å². The van der Waals surface area contributed by atoms with E-state index in [4.69, 9.17) is 0 Å². The number of piperazine rings is 1. The summed E-state index contributed by atoms with van der Waals surface area (Å²) in [5.41, 5.74) is 1.64. The average Bonchev–Trinajstić information content (AvgIpc) is 2.63. The summed E-state index contributed by atoms with van der Waals surface area (Å²) in [5.74, 6) is -0.625. The summed E-state index contributed by atoms with van der Waals surface area (Å²) in [5, 5.41) is 2.83. The lowest BCUT2D eigenvalue weighted by Gasteiger charge is -2.35. The summed E-state index contributed by atoms with van der Waals surface area (Å²) < 4.78 is 29.6. The minimum absolute atomic E-state index is 0.0704. The van der Waals surface area contributed by atoms with E-state index in [9.17, 15) is 13.6 Å². The van der Waals surface area contributed by atoms with Gasteiger partial charge in [0.05, 0.1) is 16.9 Å². The molecule has 0 unspecified atom stereocenters. The van der Waals surface area contributed by atoms with Crippen molar-refractivity contribution in [1.29, 1.82) is 0 Å². The molecule has 1 fully saturated rings. The fourth-order valence-corrected chi connectivity index (χ4v) is 2.95. The van der Waals surface area contributed by atoms with Gasteiger partial charge in [-0.1, -0.05) is 24.3 Å².